The van der Waals surface area contributed by atoms with Crippen molar-refractivity contribution >= 4 is 6.03 Å². The lowest BCUT2D eigenvalue weighted by Crippen LogP contribution is -2.66. The number of hydrogen-bond donors (Lipinski definition) is 2. The Morgan fingerprint density at radius 2 is 1.65 bits per heavy atom. The number of amides is 2. The minimum absolute atomic E-state index is 0.0108. The molecule has 2 fully saturated rings. The summed E-state index contributed by atoms with van der Waals surface area (Å²) in [7, 11) is 1.79. The third-order valence-electron chi connectivity index (χ3n) is 3.77. The largest absolute Gasteiger partial charge is 0.327 e. The van der Waals surface area contributed by atoms with E-state index in [0.717, 1.165) is 18.5 Å². The van der Waals surface area contributed by atoms with E-state index in [2.05, 4.69) is 44.9 Å². The summed E-state index contributed by atoms with van der Waals surface area (Å²) < 4.78 is 0. The van der Waals surface area contributed by atoms with E-state index < -0.39 is 0 Å². The van der Waals surface area contributed by atoms with E-state index in [1.807, 2.05) is 0 Å². The summed E-state index contributed by atoms with van der Waals surface area (Å²) in [6.45, 7) is 12.8. The van der Waals surface area contributed by atoms with Crippen LogP contribution < -0.4 is 10.6 Å². The van der Waals surface area contributed by atoms with Crippen molar-refractivity contribution in [1.82, 2.24) is 15.5 Å². The Morgan fingerprint density at radius 3 is 2.00 bits per heavy atom. The quantitative estimate of drug-likeness (QED) is 0.675. The molecule has 1 spiro atoms. The number of carbonyl (C=O) groups excluding carboxylic acids is 1. The zero-order valence-corrected chi connectivity index (χ0v) is 11.5. The van der Waals surface area contributed by atoms with Crippen LogP contribution in [0.4, 0.5) is 4.79 Å². The lowest BCUT2D eigenvalue weighted by atomic mass is 9.70. The van der Waals surface area contributed by atoms with Crippen LogP contribution in [0.5, 0.6) is 0 Å². The monoisotopic (exact) mass is 237 g/mol. The van der Waals surface area contributed by atoms with Crippen molar-refractivity contribution in [1.29, 1.82) is 0 Å². The van der Waals surface area contributed by atoms with Crippen LogP contribution in [0.15, 0.2) is 12.3 Å². The van der Waals surface area contributed by atoms with Crippen LogP contribution in [-0.4, -0.2) is 34.6 Å². The second-order valence-electron chi connectivity index (χ2n) is 6.76. The van der Waals surface area contributed by atoms with Gasteiger partial charge >= 0.3 is 6.03 Å². The number of nitrogens with one attached hydrogen (secondary N) is 2. The maximum absolute atomic E-state index is 11.8. The first-order valence-electron chi connectivity index (χ1n) is 6.12. The summed E-state index contributed by atoms with van der Waals surface area (Å²) in [5, 5.41) is 6.75. The Bertz CT molecular complexity index is 368. The second kappa shape index (κ2) is 3.25. The van der Waals surface area contributed by atoms with Gasteiger partial charge in [-0.1, -0.05) is 6.58 Å². The molecule has 2 aliphatic heterocycles. The molecule has 2 N–H and O–H groups in total. The number of likely N-dealkylation sites (N-methyl/N-ethyl adjacent to an activating group) is 1. The molecule has 0 aromatic heterocycles. The third kappa shape index (κ3) is 1.95. The fourth-order valence-electron chi connectivity index (χ4n) is 3.67. The van der Waals surface area contributed by atoms with Gasteiger partial charge in [0.25, 0.3) is 0 Å². The molecule has 2 aliphatic rings. The van der Waals surface area contributed by atoms with Gasteiger partial charge in [-0.15, -0.1) is 0 Å². The van der Waals surface area contributed by atoms with Crippen LogP contribution in [0.3, 0.4) is 0 Å². The number of piperidine rings is 1. The molecule has 2 saturated heterocycles. The molecule has 0 radical (unpaired) electrons. The highest BCUT2D eigenvalue weighted by atomic mass is 16.2. The fourth-order valence-corrected chi connectivity index (χ4v) is 3.67. The predicted molar refractivity (Wildman–Crippen MR) is 68.7 cm³/mol. The maximum atomic E-state index is 11.8. The number of carbonyl (C=O) groups is 1. The highest BCUT2D eigenvalue weighted by molar-refractivity contribution is 5.81. The lowest BCUT2D eigenvalue weighted by Gasteiger charge is -2.51. The summed E-state index contributed by atoms with van der Waals surface area (Å²) in [6, 6.07) is -0.0384. The van der Waals surface area contributed by atoms with Gasteiger partial charge in [-0.25, -0.2) is 4.79 Å². The van der Waals surface area contributed by atoms with Gasteiger partial charge in [0.05, 0.1) is 5.54 Å². The first-order chi connectivity index (χ1) is 7.57. The van der Waals surface area contributed by atoms with Gasteiger partial charge in [0, 0.05) is 23.8 Å². The second-order valence-corrected chi connectivity index (χ2v) is 6.76. The normalized spacial score (nSPS) is 29.6. The molecule has 0 saturated carbocycles. The van der Waals surface area contributed by atoms with E-state index in [-0.39, 0.29) is 22.6 Å². The van der Waals surface area contributed by atoms with Gasteiger partial charge < -0.3 is 10.6 Å². The highest BCUT2D eigenvalue weighted by Gasteiger charge is 2.54. The molecular weight excluding hydrogens is 214 g/mol. The van der Waals surface area contributed by atoms with Gasteiger partial charge in [0.15, 0.2) is 0 Å². The van der Waals surface area contributed by atoms with Crippen molar-refractivity contribution in [3.8, 4) is 0 Å². The smallest absolute Gasteiger partial charge is 0.322 e. The number of rotatable bonds is 0. The van der Waals surface area contributed by atoms with Gasteiger partial charge in [0.1, 0.15) is 0 Å². The van der Waals surface area contributed by atoms with E-state index in [0.29, 0.717) is 0 Å². The minimum atomic E-state index is -0.288. The van der Waals surface area contributed by atoms with Gasteiger partial charge in [-0.05, 0) is 40.5 Å². The van der Waals surface area contributed by atoms with Crippen molar-refractivity contribution in [3.63, 3.8) is 0 Å². The predicted octanol–water partition coefficient (Wildman–Crippen LogP) is 1.83. The molecule has 17 heavy (non-hydrogen) atoms. The summed E-state index contributed by atoms with van der Waals surface area (Å²) in [4.78, 5) is 13.4. The summed E-state index contributed by atoms with van der Waals surface area (Å²) in [6.07, 6.45) is 1.75. The first-order valence-corrected chi connectivity index (χ1v) is 6.12. The van der Waals surface area contributed by atoms with E-state index >= 15 is 0 Å². The van der Waals surface area contributed by atoms with Crippen LogP contribution in [0.1, 0.15) is 40.5 Å². The van der Waals surface area contributed by atoms with Crippen molar-refractivity contribution < 1.29 is 4.79 Å². The van der Waals surface area contributed by atoms with E-state index in [4.69, 9.17) is 0 Å². The number of hydrogen-bond acceptors (Lipinski definition) is 2. The summed E-state index contributed by atoms with van der Waals surface area (Å²) >= 11 is 0. The molecule has 0 aromatic carbocycles. The Hall–Kier alpha value is -1.03. The molecule has 4 heteroatoms. The molecule has 0 aromatic rings. The first kappa shape index (κ1) is 12.4. The molecular formula is C13H23N3O. The average Bonchev–Trinajstić information content (AvgIpc) is 2.25. The minimum Gasteiger partial charge on any atom is -0.327 e. The molecule has 2 heterocycles. The Labute approximate surface area is 103 Å². The van der Waals surface area contributed by atoms with E-state index in [9.17, 15) is 4.79 Å². The molecule has 0 aliphatic carbocycles. The van der Waals surface area contributed by atoms with Crippen molar-refractivity contribution in [2.75, 3.05) is 7.05 Å². The molecule has 0 bridgehead atoms. The average molecular weight is 237 g/mol. The third-order valence-corrected chi connectivity index (χ3v) is 3.77. The maximum Gasteiger partial charge on any atom is 0.322 e. The molecule has 2 amide bonds. The van der Waals surface area contributed by atoms with Crippen LogP contribution >= 0.6 is 0 Å². The standard InChI is InChI=1S/C13H23N3O/c1-9-13(14-10(17)16(9)6)7-11(2,3)15-12(4,5)8-13/h15H,1,7-8H2,2-6H3,(H,14,17). The molecule has 96 valence electrons. The summed E-state index contributed by atoms with van der Waals surface area (Å²) in [5.41, 5.74) is 0.585. The summed E-state index contributed by atoms with van der Waals surface area (Å²) in [5.74, 6) is 0. The van der Waals surface area contributed by atoms with Gasteiger partial charge in [-0.2, -0.15) is 0 Å². The Kier molecular flexibility index (Phi) is 2.38. The van der Waals surface area contributed by atoms with Crippen LogP contribution in [0.2, 0.25) is 0 Å². The highest BCUT2D eigenvalue weighted by Crippen LogP contribution is 2.43. The van der Waals surface area contributed by atoms with Crippen LogP contribution in [0, 0.1) is 0 Å². The Morgan fingerprint density at radius 1 is 1.18 bits per heavy atom. The van der Waals surface area contributed by atoms with Crippen LogP contribution in [-0.2, 0) is 0 Å². The van der Waals surface area contributed by atoms with Crippen LogP contribution in [0.25, 0.3) is 0 Å². The Balaban J connectivity index is 2.38. The van der Waals surface area contributed by atoms with E-state index in [1.165, 1.54) is 0 Å². The molecule has 0 unspecified atom stereocenters. The van der Waals surface area contributed by atoms with E-state index in [1.54, 1.807) is 11.9 Å². The molecule has 4 nitrogen and oxygen atoms in total. The molecule has 0 atom stereocenters. The number of nitrogens with zero attached hydrogens (tertiary/aromatic N) is 1. The van der Waals surface area contributed by atoms with Crippen molar-refractivity contribution in [3.05, 3.63) is 12.3 Å². The zero-order chi connectivity index (χ0) is 13.1. The van der Waals surface area contributed by atoms with Gasteiger partial charge in [0.2, 0.25) is 0 Å². The van der Waals surface area contributed by atoms with Crippen molar-refractivity contribution in [2.45, 2.75) is 57.2 Å². The topological polar surface area (TPSA) is 44.4 Å². The SMILES string of the molecule is C=C1N(C)C(=O)NC12CC(C)(C)NC(C)(C)C2. The number of urea groups is 1. The lowest BCUT2D eigenvalue weighted by molar-refractivity contribution is 0.113. The fraction of sp³-hybridized carbons (Fsp3) is 0.769. The zero-order valence-electron chi connectivity index (χ0n) is 11.5. The molecule has 2 rings (SSSR count). The van der Waals surface area contributed by atoms with Crippen molar-refractivity contribution in [2.24, 2.45) is 0 Å². The van der Waals surface area contributed by atoms with Gasteiger partial charge in [-0.3, -0.25) is 4.90 Å².